The van der Waals surface area contributed by atoms with Crippen LogP contribution in [0.3, 0.4) is 0 Å². The van der Waals surface area contributed by atoms with E-state index < -0.39 is 5.97 Å². The van der Waals surface area contributed by atoms with E-state index in [1.165, 1.54) is 12.3 Å². The van der Waals surface area contributed by atoms with Crippen molar-refractivity contribution in [2.75, 3.05) is 6.61 Å². The molecule has 0 amide bonds. The highest BCUT2D eigenvalue weighted by atomic mass is 35.5. The molecular weight excluding hydrogens is 468 g/mol. The lowest BCUT2D eigenvalue weighted by Crippen LogP contribution is -2.10. The van der Waals surface area contributed by atoms with Crippen LogP contribution < -0.4 is 19.6 Å². The molecule has 0 radical (unpaired) electrons. The Morgan fingerprint density at radius 1 is 0.914 bits per heavy atom. The van der Waals surface area contributed by atoms with Crippen LogP contribution in [0.25, 0.3) is 11.0 Å². The third kappa shape index (κ3) is 5.84. The van der Waals surface area contributed by atoms with E-state index in [0.29, 0.717) is 40.5 Å². The number of hydrogen-bond donors (Lipinski definition) is 0. The Hall–Kier alpha value is -3.77. The van der Waals surface area contributed by atoms with Gasteiger partial charge in [-0.05, 0) is 74.2 Å². The highest BCUT2D eigenvalue weighted by Gasteiger charge is 2.13. The summed E-state index contributed by atoms with van der Waals surface area (Å²) in [4.78, 5) is 25.1. The van der Waals surface area contributed by atoms with Gasteiger partial charge in [-0.1, -0.05) is 29.8 Å². The molecule has 180 valence electrons. The van der Waals surface area contributed by atoms with Gasteiger partial charge in [0.2, 0.25) is 11.2 Å². The summed E-state index contributed by atoms with van der Waals surface area (Å²) in [5.74, 6) is 1.25. The van der Waals surface area contributed by atoms with Crippen molar-refractivity contribution in [3.05, 3.63) is 92.8 Å². The zero-order valence-electron chi connectivity index (χ0n) is 19.7. The highest BCUT2D eigenvalue weighted by molar-refractivity contribution is 6.32. The molecule has 0 saturated carbocycles. The lowest BCUT2D eigenvalue weighted by Gasteiger charge is -2.10. The van der Waals surface area contributed by atoms with E-state index in [1.54, 1.807) is 24.3 Å². The molecule has 4 rings (SSSR count). The summed E-state index contributed by atoms with van der Waals surface area (Å²) in [6.07, 6.45) is 1.96. The number of esters is 1. The number of hydrogen-bond acceptors (Lipinski definition) is 6. The zero-order valence-corrected chi connectivity index (χ0v) is 20.5. The Morgan fingerprint density at radius 2 is 1.66 bits per heavy atom. The third-order valence-electron chi connectivity index (χ3n) is 5.46. The molecular formula is C28H25ClO6. The van der Waals surface area contributed by atoms with Gasteiger partial charge in [0.15, 0.2) is 0 Å². The first-order valence-electron chi connectivity index (χ1n) is 11.2. The molecule has 0 aliphatic heterocycles. The Labute approximate surface area is 208 Å². The predicted molar refractivity (Wildman–Crippen MR) is 135 cm³/mol. The van der Waals surface area contributed by atoms with Crippen molar-refractivity contribution >= 4 is 28.5 Å². The van der Waals surface area contributed by atoms with Crippen molar-refractivity contribution in [1.29, 1.82) is 0 Å². The minimum atomic E-state index is -0.395. The molecule has 1 aromatic heterocycles. The van der Waals surface area contributed by atoms with Crippen molar-refractivity contribution in [3.8, 4) is 23.0 Å². The quantitative estimate of drug-likeness (QED) is 0.151. The Morgan fingerprint density at radius 3 is 2.40 bits per heavy atom. The minimum Gasteiger partial charge on any atom is -0.493 e. The van der Waals surface area contributed by atoms with E-state index in [-0.39, 0.29) is 17.6 Å². The molecule has 1 heterocycles. The highest BCUT2D eigenvalue weighted by Crippen LogP contribution is 2.29. The average molecular weight is 493 g/mol. The Kier molecular flexibility index (Phi) is 7.42. The van der Waals surface area contributed by atoms with Crippen LogP contribution in [0, 0.1) is 20.8 Å². The summed E-state index contributed by atoms with van der Waals surface area (Å²) in [5, 5.41) is 0.972. The van der Waals surface area contributed by atoms with Gasteiger partial charge in [0, 0.05) is 17.5 Å². The van der Waals surface area contributed by atoms with Crippen molar-refractivity contribution < 1.29 is 23.4 Å². The van der Waals surface area contributed by atoms with Gasteiger partial charge in [-0.2, -0.15) is 0 Å². The first-order valence-corrected chi connectivity index (χ1v) is 11.6. The minimum absolute atomic E-state index is 0.0528. The van der Waals surface area contributed by atoms with Gasteiger partial charge in [-0.25, -0.2) is 0 Å². The molecule has 0 saturated heterocycles. The van der Waals surface area contributed by atoms with E-state index in [4.69, 9.17) is 30.2 Å². The van der Waals surface area contributed by atoms with Gasteiger partial charge in [-0.15, -0.1) is 0 Å². The summed E-state index contributed by atoms with van der Waals surface area (Å²) >= 11 is 6.20. The fraction of sp³-hybridized carbons (Fsp3) is 0.214. The van der Waals surface area contributed by atoms with Gasteiger partial charge >= 0.3 is 5.97 Å². The second-order valence-electron chi connectivity index (χ2n) is 8.25. The maximum Gasteiger partial charge on any atom is 0.311 e. The van der Waals surface area contributed by atoms with Crippen LogP contribution in [0.5, 0.6) is 23.0 Å². The van der Waals surface area contributed by atoms with Crippen LogP contribution in [0.1, 0.15) is 29.5 Å². The summed E-state index contributed by atoms with van der Waals surface area (Å²) in [6, 6.07) is 15.8. The molecule has 0 fully saturated rings. The second-order valence-corrected chi connectivity index (χ2v) is 8.63. The number of aryl methyl sites for hydroxylation is 3. The van der Waals surface area contributed by atoms with E-state index >= 15 is 0 Å². The van der Waals surface area contributed by atoms with E-state index in [9.17, 15) is 9.59 Å². The monoisotopic (exact) mass is 492 g/mol. The smallest absolute Gasteiger partial charge is 0.311 e. The molecule has 0 N–H and O–H groups in total. The van der Waals surface area contributed by atoms with Crippen molar-refractivity contribution in [3.63, 3.8) is 0 Å². The summed E-state index contributed by atoms with van der Waals surface area (Å²) in [7, 11) is 0. The van der Waals surface area contributed by atoms with Crippen LogP contribution in [0.15, 0.2) is 70.1 Å². The van der Waals surface area contributed by atoms with E-state index in [0.717, 1.165) is 22.4 Å². The summed E-state index contributed by atoms with van der Waals surface area (Å²) in [5.41, 5.74) is 2.70. The normalized spacial score (nSPS) is 10.9. The maximum atomic E-state index is 12.9. The molecule has 6 nitrogen and oxygen atoms in total. The number of fused-ring (bicyclic) bond motifs is 1. The number of para-hydroxylation sites is 1. The SMILES string of the molecule is Cc1ccccc1OCCCC(=O)Oc1ccc2c(=O)c(Oc3cc(C)c(Cl)c(C)c3)coc2c1. The van der Waals surface area contributed by atoms with Crippen molar-refractivity contribution in [1.82, 2.24) is 0 Å². The summed E-state index contributed by atoms with van der Waals surface area (Å²) < 4.78 is 22.5. The van der Waals surface area contributed by atoms with Crippen LogP contribution in [0.4, 0.5) is 0 Å². The Bertz CT molecular complexity index is 1420. The lowest BCUT2D eigenvalue weighted by atomic mass is 10.1. The molecule has 35 heavy (non-hydrogen) atoms. The van der Waals surface area contributed by atoms with Gasteiger partial charge in [0.1, 0.15) is 29.1 Å². The van der Waals surface area contributed by atoms with Gasteiger partial charge in [0.25, 0.3) is 0 Å². The molecule has 7 heteroatoms. The molecule has 0 atom stereocenters. The van der Waals surface area contributed by atoms with E-state index in [2.05, 4.69) is 0 Å². The largest absolute Gasteiger partial charge is 0.493 e. The second kappa shape index (κ2) is 10.7. The first-order chi connectivity index (χ1) is 16.8. The van der Waals surface area contributed by atoms with Gasteiger partial charge in [0.05, 0.1) is 12.0 Å². The van der Waals surface area contributed by atoms with Gasteiger partial charge in [-0.3, -0.25) is 9.59 Å². The molecule has 0 bridgehead atoms. The number of carbonyl (C=O) groups excluding carboxylic acids is 1. The molecule has 0 unspecified atom stereocenters. The van der Waals surface area contributed by atoms with Crippen LogP contribution >= 0.6 is 11.6 Å². The van der Waals surface area contributed by atoms with E-state index in [1.807, 2.05) is 45.0 Å². The zero-order chi connectivity index (χ0) is 24.9. The Balaban J connectivity index is 1.38. The number of carbonyl (C=O) groups is 1. The number of benzene rings is 3. The van der Waals surface area contributed by atoms with Crippen LogP contribution in [0.2, 0.25) is 5.02 Å². The standard InChI is InChI=1S/C28H25ClO6/c1-17-7-4-5-8-23(17)32-12-6-9-26(30)35-20-10-11-22-24(15-20)33-16-25(28(22)31)34-21-13-18(2)27(29)19(3)14-21/h4-5,7-8,10-11,13-16H,6,9,12H2,1-3H3. The number of halogens is 1. The fourth-order valence-corrected chi connectivity index (χ4v) is 3.73. The van der Waals surface area contributed by atoms with Gasteiger partial charge < -0.3 is 18.6 Å². The van der Waals surface area contributed by atoms with Crippen molar-refractivity contribution in [2.24, 2.45) is 0 Å². The molecule has 0 aliphatic rings. The van der Waals surface area contributed by atoms with Crippen molar-refractivity contribution in [2.45, 2.75) is 33.6 Å². The fourth-order valence-electron chi connectivity index (χ4n) is 3.62. The first kappa shape index (κ1) is 24.4. The molecule has 4 aromatic rings. The molecule has 3 aromatic carbocycles. The number of rotatable bonds is 8. The summed E-state index contributed by atoms with van der Waals surface area (Å²) in [6.45, 7) is 6.11. The predicted octanol–water partition coefficient (Wildman–Crippen LogP) is 6.93. The average Bonchev–Trinajstić information content (AvgIpc) is 2.83. The van der Waals surface area contributed by atoms with Crippen LogP contribution in [-0.4, -0.2) is 12.6 Å². The topological polar surface area (TPSA) is 75.0 Å². The molecule has 0 aliphatic carbocycles. The lowest BCUT2D eigenvalue weighted by molar-refractivity contribution is -0.134. The maximum absolute atomic E-state index is 12.9. The van der Waals surface area contributed by atoms with Crippen LogP contribution in [-0.2, 0) is 4.79 Å². The number of ether oxygens (including phenoxy) is 3. The third-order valence-corrected chi connectivity index (χ3v) is 6.06. The molecule has 0 spiro atoms.